The standard InChI is InChI=1S/C31H40N2O7/c1-30-14-12-18(34)16-17(30)4-5-19-20-6-9-24(31(20,2)15-13-21(19)30)40-26(36)11-10-25(35)33-22-7-8-23(39-3)27(28(22)37)29(32)38/h7-8,16,19-21,24,37H,4-6,9-15H2,1-3H3,(H2,32,38)(H,33,35). The molecule has 4 N–H and O–H groups in total. The molecule has 216 valence electrons. The van der Waals surface area contributed by atoms with Crippen molar-refractivity contribution in [3.8, 4) is 11.5 Å². The number of methoxy groups -OCH3 is 1. The number of phenols is 1. The zero-order valence-corrected chi connectivity index (χ0v) is 23.6. The molecular formula is C31H40N2O7. The Morgan fingerprint density at radius 2 is 1.82 bits per heavy atom. The molecule has 0 radical (unpaired) electrons. The number of hydrogen-bond donors (Lipinski definition) is 3. The number of carbonyl (C=O) groups is 4. The molecule has 1 aromatic carbocycles. The number of benzene rings is 1. The van der Waals surface area contributed by atoms with Crippen LogP contribution in [-0.4, -0.2) is 41.9 Å². The van der Waals surface area contributed by atoms with Crippen LogP contribution in [0.25, 0.3) is 0 Å². The van der Waals surface area contributed by atoms with Gasteiger partial charge < -0.3 is 25.6 Å². The Morgan fingerprint density at radius 3 is 2.55 bits per heavy atom. The van der Waals surface area contributed by atoms with Crippen molar-refractivity contribution in [1.29, 1.82) is 0 Å². The monoisotopic (exact) mass is 552 g/mol. The molecule has 4 aliphatic carbocycles. The Bertz CT molecular complexity index is 1270. The summed E-state index contributed by atoms with van der Waals surface area (Å²) in [4.78, 5) is 49.2. The number of fused-ring (bicyclic) bond motifs is 5. The summed E-state index contributed by atoms with van der Waals surface area (Å²) >= 11 is 0. The van der Waals surface area contributed by atoms with E-state index in [0.717, 1.165) is 44.9 Å². The first-order valence-corrected chi connectivity index (χ1v) is 14.4. The summed E-state index contributed by atoms with van der Waals surface area (Å²) in [5, 5.41) is 12.9. The maximum atomic E-state index is 12.9. The van der Waals surface area contributed by atoms with Crippen LogP contribution in [0.1, 0.15) is 88.4 Å². The van der Waals surface area contributed by atoms with Crippen LogP contribution in [0.15, 0.2) is 23.8 Å². The minimum atomic E-state index is -0.889. The fraction of sp³-hybridized carbons (Fsp3) is 0.613. The molecule has 0 saturated heterocycles. The van der Waals surface area contributed by atoms with Crippen LogP contribution in [0.3, 0.4) is 0 Å². The van der Waals surface area contributed by atoms with Gasteiger partial charge in [0.2, 0.25) is 5.91 Å². The van der Waals surface area contributed by atoms with Crippen molar-refractivity contribution >= 4 is 29.3 Å². The SMILES string of the molecule is COc1ccc(NC(=O)CCC(=O)OC2CCC3C4CCC5=CC(=O)CCC5(C)C4CCC23C)c(O)c1C(N)=O. The number of aromatic hydroxyl groups is 1. The lowest BCUT2D eigenvalue weighted by molar-refractivity contribution is -0.160. The highest BCUT2D eigenvalue weighted by molar-refractivity contribution is 6.02. The second-order valence-electron chi connectivity index (χ2n) is 12.5. The van der Waals surface area contributed by atoms with Crippen LogP contribution < -0.4 is 15.8 Å². The van der Waals surface area contributed by atoms with Gasteiger partial charge in [-0.15, -0.1) is 0 Å². The molecule has 9 heteroatoms. The molecule has 4 aliphatic rings. The molecule has 3 saturated carbocycles. The van der Waals surface area contributed by atoms with E-state index in [-0.39, 0.29) is 52.6 Å². The van der Waals surface area contributed by atoms with Gasteiger partial charge in [-0.3, -0.25) is 19.2 Å². The third kappa shape index (κ3) is 4.77. The minimum absolute atomic E-state index is 0.0115. The Balaban J connectivity index is 1.18. The quantitative estimate of drug-likeness (QED) is 0.329. The molecule has 0 spiro atoms. The summed E-state index contributed by atoms with van der Waals surface area (Å²) in [5.74, 6) is -0.280. The molecule has 3 fully saturated rings. The van der Waals surface area contributed by atoms with Crippen molar-refractivity contribution in [3.63, 3.8) is 0 Å². The number of ketones is 1. The fourth-order valence-corrected chi connectivity index (χ4v) is 8.43. The molecule has 6 atom stereocenters. The van der Waals surface area contributed by atoms with Crippen LogP contribution >= 0.6 is 0 Å². The summed E-state index contributed by atoms with van der Waals surface area (Å²) in [6, 6.07) is 2.83. The minimum Gasteiger partial charge on any atom is -0.505 e. The Hall–Kier alpha value is -3.36. The Kier molecular flexibility index (Phi) is 7.44. The number of esters is 1. The molecule has 0 bridgehead atoms. The lowest BCUT2D eigenvalue weighted by atomic mass is 9.47. The highest BCUT2D eigenvalue weighted by Gasteiger charge is 2.60. The van der Waals surface area contributed by atoms with Gasteiger partial charge in [-0.25, -0.2) is 0 Å². The number of nitrogens with one attached hydrogen (secondary N) is 1. The number of allylic oxidation sites excluding steroid dienone is 1. The second-order valence-corrected chi connectivity index (χ2v) is 12.5. The van der Waals surface area contributed by atoms with E-state index in [1.807, 2.05) is 6.08 Å². The fourth-order valence-electron chi connectivity index (χ4n) is 8.43. The zero-order valence-electron chi connectivity index (χ0n) is 23.6. The lowest BCUT2D eigenvalue weighted by Crippen LogP contribution is -2.51. The predicted molar refractivity (Wildman–Crippen MR) is 148 cm³/mol. The number of amides is 2. The first-order valence-electron chi connectivity index (χ1n) is 14.4. The van der Waals surface area contributed by atoms with Crippen LogP contribution in [-0.2, 0) is 19.1 Å². The molecule has 0 aliphatic heterocycles. The summed E-state index contributed by atoms with van der Waals surface area (Å²) in [6.45, 7) is 4.63. The molecule has 1 aromatic rings. The van der Waals surface area contributed by atoms with Gasteiger partial charge in [0.15, 0.2) is 11.5 Å². The highest BCUT2D eigenvalue weighted by atomic mass is 16.5. The maximum absolute atomic E-state index is 12.9. The van der Waals surface area contributed by atoms with Gasteiger partial charge in [-0.2, -0.15) is 0 Å². The van der Waals surface area contributed by atoms with Crippen LogP contribution in [0.4, 0.5) is 5.69 Å². The maximum Gasteiger partial charge on any atom is 0.306 e. The van der Waals surface area contributed by atoms with E-state index < -0.39 is 23.5 Å². The molecule has 9 nitrogen and oxygen atoms in total. The molecular weight excluding hydrogens is 512 g/mol. The summed E-state index contributed by atoms with van der Waals surface area (Å²) < 4.78 is 11.1. The van der Waals surface area contributed by atoms with E-state index in [1.54, 1.807) is 0 Å². The first kappa shape index (κ1) is 28.2. The topological polar surface area (TPSA) is 145 Å². The van der Waals surface area contributed by atoms with Gasteiger partial charge in [-0.1, -0.05) is 19.4 Å². The summed E-state index contributed by atoms with van der Waals surface area (Å²) in [7, 11) is 1.34. The Morgan fingerprint density at radius 1 is 1.05 bits per heavy atom. The number of anilines is 1. The number of nitrogens with two attached hydrogens (primary N) is 1. The van der Waals surface area contributed by atoms with Crippen molar-refractivity contribution in [2.24, 2.45) is 34.3 Å². The zero-order chi connectivity index (χ0) is 28.8. The third-order valence-electron chi connectivity index (χ3n) is 10.6. The number of hydrogen-bond acceptors (Lipinski definition) is 7. The summed E-state index contributed by atoms with van der Waals surface area (Å²) in [5.41, 5.74) is 6.49. The van der Waals surface area contributed by atoms with Crippen molar-refractivity contribution in [3.05, 3.63) is 29.3 Å². The van der Waals surface area contributed by atoms with E-state index in [4.69, 9.17) is 15.2 Å². The molecule has 40 heavy (non-hydrogen) atoms. The van der Waals surface area contributed by atoms with Crippen molar-refractivity contribution in [2.75, 3.05) is 12.4 Å². The van der Waals surface area contributed by atoms with Crippen LogP contribution in [0.5, 0.6) is 11.5 Å². The van der Waals surface area contributed by atoms with E-state index in [2.05, 4.69) is 19.2 Å². The van der Waals surface area contributed by atoms with E-state index in [0.29, 0.717) is 24.2 Å². The number of primary amides is 1. The number of rotatable bonds is 7. The molecule has 5 rings (SSSR count). The number of carbonyl (C=O) groups excluding carboxylic acids is 4. The third-order valence-corrected chi connectivity index (χ3v) is 10.6. The van der Waals surface area contributed by atoms with E-state index in [9.17, 15) is 24.3 Å². The van der Waals surface area contributed by atoms with Crippen molar-refractivity contribution in [1.82, 2.24) is 0 Å². The van der Waals surface area contributed by atoms with E-state index in [1.165, 1.54) is 24.8 Å². The molecule has 6 unspecified atom stereocenters. The summed E-state index contributed by atoms with van der Waals surface area (Å²) in [6.07, 6.45) is 9.14. The molecule has 0 aromatic heterocycles. The normalized spacial score (nSPS) is 32.7. The van der Waals surface area contributed by atoms with E-state index >= 15 is 0 Å². The average Bonchev–Trinajstić information content (AvgIpc) is 3.24. The van der Waals surface area contributed by atoms with Crippen LogP contribution in [0.2, 0.25) is 0 Å². The van der Waals surface area contributed by atoms with Gasteiger partial charge in [0.1, 0.15) is 17.4 Å². The average molecular weight is 553 g/mol. The van der Waals surface area contributed by atoms with Crippen molar-refractivity contribution < 1.29 is 33.8 Å². The van der Waals surface area contributed by atoms with Gasteiger partial charge >= 0.3 is 5.97 Å². The predicted octanol–water partition coefficient (Wildman–Crippen LogP) is 4.66. The molecule has 2 amide bonds. The molecule has 0 heterocycles. The smallest absolute Gasteiger partial charge is 0.306 e. The highest BCUT2D eigenvalue weighted by Crippen LogP contribution is 2.65. The second kappa shape index (κ2) is 10.6. The van der Waals surface area contributed by atoms with Gasteiger partial charge in [0.05, 0.1) is 19.2 Å². The Labute approximate surface area is 234 Å². The van der Waals surface area contributed by atoms with Gasteiger partial charge in [-0.05, 0) is 86.3 Å². The van der Waals surface area contributed by atoms with Crippen LogP contribution in [0, 0.1) is 28.6 Å². The van der Waals surface area contributed by atoms with Gasteiger partial charge in [0, 0.05) is 18.3 Å². The first-order chi connectivity index (χ1) is 19.0. The lowest BCUT2D eigenvalue weighted by Gasteiger charge is -2.57. The van der Waals surface area contributed by atoms with Gasteiger partial charge in [0.25, 0.3) is 5.91 Å². The van der Waals surface area contributed by atoms with Crippen molar-refractivity contribution in [2.45, 2.75) is 84.2 Å². The number of ether oxygens (including phenoxy) is 2. The largest absolute Gasteiger partial charge is 0.505 e.